The molecule has 0 aromatic carbocycles. The van der Waals surface area contributed by atoms with Crippen LogP contribution in [0.25, 0.3) is 0 Å². The van der Waals surface area contributed by atoms with Crippen molar-refractivity contribution in [2.24, 2.45) is 0 Å². The van der Waals surface area contributed by atoms with Crippen molar-refractivity contribution in [3.8, 4) is 0 Å². The Labute approximate surface area is 135 Å². The molecule has 0 rings (SSSR count). The zero-order valence-electron chi connectivity index (χ0n) is 5.79. The molecule has 11 heteroatoms. The maximum atomic E-state index is 0. The fraction of sp³-hybridized carbons (Fsp3) is 0. The molecule has 0 saturated carbocycles. The Morgan fingerprint density at radius 3 is 0.455 bits per heavy atom. The number of hydrogen-bond donors (Lipinski definition) is 0. The molecule has 0 aliphatic rings. The molecule has 56 valence electrons. The molecule has 11 heavy (non-hydrogen) atoms. The minimum atomic E-state index is 0. The predicted octanol–water partition coefficient (Wildman–Crippen LogP) is -1.77. The van der Waals surface area contributed by atoms with E-state index in [4.69, 9.17) is 0 Å². The molecule has 3 nitrogen and oxygen atoms in total. The molecule has 0 aliphatic carbocycles. The van der Waals surface area contributed by atoms with Crippen molar-refractivity contribution < 1.29 is 59.9 Å². The van der Waals surface area contributed by atoms with Crippen molar-refractivity contribution in [2.75, 3.05) is 0 Å². The van der Waals surface area contributed by atoms with Crippen LogP contribution in [-0.2, 0) is 59.9 Å². The summed E-state index contributed by atoms with van der Waals surface area (Å²) in [5, 5.41) is 0. The standard InChI is InChI=1S/2Al.3O.2H3P.2Si.2Ti/h;;;;;2*1H3;;;;/q2*+3;3*-2;;;;;;. The Kier molecular flexibility index (Phi) is 3020. The number of hydrogen-bond acceptors (Lipinski definition) is 0. The molecule has 0 amide bonds. The van der Waals surface area contributed by atoms with E-state index in [1.54, 1.807) is 0 Å². The van der Waals surface area contributed by atoms with Gasteiger partial charge in [0.2, 0.25) is 0 Å². The first-order valence-corrected chi connectivity index (χ1v) is 0. The van der Waals surface area contributed by atoms with Crippen LogP contribution in [0.2, 0.25) is 0 Å². The van der Waals surface area contributed by atoms with Gasteiger partial charge in [-0.15, -0.1) is 0 Å². The summed E-state index contributed by atoms with van der Waals surface area (Å²) in [4.78, 5) is 0. The summed E-state index contributed by atoms with van der Waals surface area (Å²) >= 11 is 0. The molecule has 0 bridgehead atoms. The smallest absolute Gasteiger partial charge is 2.00 e. The second-order valence-corrected chi connectivity index (χ2v) is 0. The SMILES string of the molecule is P.P.[Al+3].[Al+3].[O-2].[O-2].[O-2].[Si].[Si].[Ti].[Ti]. The van der Waals surface area contributed by atoms with E-state index >= 15 is 0 Å². The zero-order valence-corrected chi connectivity index (χ0v) is 16.1. The maximum Gasteiger partial charge on any atom is 3.00 e. The Bertz CT molecular complexity index is 25.3. The van der Waals surface area contributed by atoms with Crippen molar-refractivity contribution in [3.63, 3.8) is 0 Å². The molecule has 0 N–H and O–H groups in total. The average molecular weight is 322 g/mol. The van der Waals surface area contributed by atoms with Gasteiger partial charge in [0, 0.05) is 65.4 Å². The molecular formula is H6Al2O3P2Si2Ti2. The van der Waals surface area contributed by atoms with Crippen molar-refractivity contribution in [1.82, 2.24) is 0 Å². The third-order valence-corrected chi connectivity index (χ3v) is 0. The topological polar surface area (TPSA) is 85.5 Å². The minimum Gasteiger partial charge on any atom is -2.00 e. The Morgan fingerprint density at radius 1 is 0.455 bits per heavy atom. The van der Waals surface area contributed by atoms with Gasteiger partial charge in [-0.25, -0.2) is 0 Å². The molecule has 0 spiro atoms. The second-order valence-electron chi connectivity index (χ2n) is 0. The van der Waals surface area contributed by atoms with Crippen LogP contribution >= 0.6 is 19.8 Å². The van der Waals surface area contributed by atoms with Gasteiger partial charge in [0.25, 0.3) is 0 Å². The fourth-order valence-electron chi connectivity index (χ4n) is 0. The van der Waals surface area contributed by atoms with Crippen LogP contribution in [0.3, 0.4) is 0 Å². The van der Waals surface area contributed by atoms with Gasteiger partial charge in [-0.2, -0.15) is 19.8 Å². The Morgan fingerprint density at radius 2 is 0.455 bits per heavy atom. The van der Waals surface area contributed by atoms with Crippen LogP contribution in [0.15, 0.2) is 0 Å². The van der Waals surface area contributed by atoms with Crippen molar-refractivity contribution in [3.05, 3.63) is 0 Å². The second kappa shape index (κ2) is 163. The average Bonchev–Trinajstić information content (AvgIpc) is 0. The third-order valence-electron chi connectivity index (χ3n) is 0. The first kappa shape index (κ1) is 204. The van der Waals surface area contributed by atoms with Gasteiger partial charge in [0.05, 0.1) is 0 Å². The molecule has 0 fully saturated rings. The molecule has 0 heterocycles. The molecule has 2 unspecified atom stereocenters. The van der Waals surface area contributed by atoms with E-state index in [1.807, 2.05) is 0 Å². The van der Waals surface area contributed by atoms with Gasteiger partial charge in [0.15, 0.2) is 0 Å². The van der Waals surface area contributed by atoms with Gasteiger partial charge in [-0.3, -0.25) is 0 Å². The summed E-state index contributed by atoms with van der Waals surface area (Å²) in [6.07, 6.45) is 0. The Balaban J connectivity index is 0. The molecule has 8 radical (unpaired) electrons. The van der Waals surface area contributed by atoms with Gasteiger partial charge < -0.3 is 16.4 Å². The Hall–Kier alpha value is 3.67. The first-order chi connectivity index (χ1) is 0. The number of rotatable bonds is 0. The van der Waals surface area contributed by atoms with Crippen LogP contribution in [-0.4, -0.2) is 56.7 Å². The summed E-state index contributed by atoms with van der Waals surface area (Å²) in [6, 6.07) is 0. The molecule has 0 aromatic rings. The maximum absolute atomic E-state index is 0. The van der Waals surface area contributed by atoms with E-state index < -0.39 is 0 Å². The molecule has 2 atom stereocenters. The minimum absolute atomic E-state index is 0. The van der Waals surface area contributed by atoms with E-state index in [0.717, 1.165) is 0 Å². The van der Waals surface area contributed by atoms with Crippen LogP contribution in [0.4, 0.5) is 0 Å². The molecule has 0 saturated heterocycles. The van der Waals surface area contributed by atoms with E-state index in [2.05, 4.69) is 0 Å². The van der Waals surface area contributed by atoms with E-state index in [1.165, 1.54) is 0 Å². The molecule has 0 aromatic heterocycles. The summed E-state index contributed by atoms with van der Waals surface area (Å²) in [5.41, 5.74) is 0. The van der Waals surface area contributed by atoms with Gasteiger partial charge in [0.1, 0.15) is 0 Å². The van der Waals surface area contributed by atoms with Crippen molar-refractivity contribution in [2.45, 2.75) is 0 Å². The van der Waals surface area contributed by atoms with Crippen LogP contribution in [0.1, 0.15) is 0 Å². The predicted molar refractivity (Wildman–Crippen MR) is 47.3 cm³/mol. The summed E-state index contributed by atoms with van der Waals surface area (Å²) in [5.74, 6) is 0. The van der Waals surface area contributed by atoms with E-state index in [-0.39, 0.29) is 136 Å². The quantitative estimate of drug-likeness (QED) is 0.374. The van der Waals surface area contributed by atoms with Gasteiger partial charge >= 0.3 is 34.7 Å². The largest absolute Gasteiger partial charge is 3.00 e. The third kappa shape index (κ3) is 138. The van der Waals surface area contributed by atoms with Crippen LogP contribution in [0, 0.1) is 0 Å². The van der Waals surface area contributed by atoms with E-state index in [9.17, 15) is 0 Å². The summed E-state index contributed by atoms with van der Waals surface area (Å²) in [6.45, 7) is 0. The zero-order chi connectivity index (χ0) is 0. The van der Waals surface area contributed by atoms with Crippen molar-refractivity contribution >= 4 is 76.5 Å². The summed E-state index contributed by atoms with van der Waals surface area (Å²) < 4.78 is 0. The van der Waals surface area contributed by atoms with Gasteiger partial charge in [-0.1, -0.05) is 0 Å². The van der Waals surface area contributed by atoms with Crippen LogP contribution in [0.5, 0.6) is 0 Å². The summed E-state index contributed by atoms with van der Waals surface area (Å²) in [7, 11) is 0. The fourth-order valence-corrected chi connectivity index (χ4v) is 0. The first-order valence-electron chi connectivity index (χ1n) is 0. The van der Waals surface area contributed by atoms with E-state index in [0.29, 0.717) is 0 Å². The van der Waals surface area contributed by atoms with Gasteiger partial charge in [-0.05, 0) is 0 Å². The molecule has 0 aliphatic heterocycles. The molecular weight excluding hydrogens is 316 g/mol. The van der Waals surface area contributed by atoms with Crippen molar-refractivity contribution in [1.29, 1.82) is 0 Å². The monoisotopic (exact) mass is 322 g/mol. The van der Waals surface area contributed by atoms with Crippen LogP contribution < -0.4 is 0 Å². The normalized spacial score (nSPS) is 0.